The third-order valence-corrected chi connectivity index (χ3v) is 4.99. The van der Waals surface area contributed by atoms with Crippen molar-refractivity contribution in [3.05, 3.63) is 58.9 Å². The highest BCUT2D eigenvalue weighted by Crippen LogP contribution is 2.19. The van der Waals surface area contributed by atoms with E-state index in [-0.39, 0.29) is 11.9 Å². The summed E-state index contributed by atoms with van der Waals surface area (Å²) in [6.45, 7) is 9.78. The summed E-state index contributed by atoms with van der Waals surface area (Å²) in [6.07, 6.45) is 0.822. The van der Waals surface area contributed by atoms with Gasteiger partial charge in [-0.3, -0.25) is 4.79 Å². The SMILES string of the molecule is Cc1cc(C(=O)N(C)CCC(N)C(C)C)c(C)n1Cc1ccccc1. The normalized spacial score (nSPS) is 12.4. The summed E-state index contributed by atoms with van der Waals surface area (Å²) in [7, 11) is 1.86. The van der Waals surface area contributed by atoms with Gasteiger partial charge in [0.25, 0.3) is 5.91 Å². The van der Waals surface area contributed by atoms with Crippen LogP contribution in [0.1, 0.15) is 47.6 Å². The van der Waals surface area contributed by atoms with Crippen LogP contribution in [-0.2, 0) is 6.54 Å². The molecule has 2 N–H and O–H groups in total. The molecule has 0 aliphatic heterocycles. The average molecular weight is 341 g/mol. The predicted octanol–water partition coefficient (Wildman–Crippen LogP) is 3.60. The first-order valence-electron chi connectivity index (χ1n) is 9.03. The van der Waals surface area contributed by atoms with Gasteiger partial charge in [-0.05, 0) is 37.8 Å². The van der Waals surface area contributed by atoms with Crippen LogP contribution in [0.3, 0.4) is 0 Å². The predicted molar refractivity (Wildman–Crippen MR) is 104 cm³/mol. The van der Waals surface area contributed by atoms with Gasteiger partial charge in [-0.15, -0.1) is 0 Å². The van der Waals surface area contributed by atoms with Gasteiger partial charge in [0.15, 0.2) is 0 Å². The number of rotatable bonds is 7. The number of amides is 1. The van der Waals surface area contributed by atoms with E-state index in [0.717, 1.165) is 29.9 Å². The number of hydrogen-bond acceptors (Lipinski definition) is 2. The standard InChI is InChI=1S/C21H31N3O/c1-15(2)20(22)11-12-23(5)21(25)19-13-16(3)24(17(19)4)14-18-9-7-6-8-10-18/h6-10,13,15,20H,11-12,14,22H2,1-5H3. The van der Waals surface area contributed by atoms with E-state index in [9.17, 15) is 4.79 Å². The third kappa shape index (κ3) is 4.73. The summed E-state index contributed by atoms with van der Waals surface area (Å²) >= 11 is 0. The van der Waals surface area contributed by atoms with Crippen molar-refractivity contribution < 1.29 is 4.79 Å². The Morgan fingerprint density at radius 3 is 2.44 bits per heavy atom. The lowest BCUT2D eigenvalue weighted by molar-refractivity contribution is 0.0788. The molecule has 4 heteroatoms. The minimum absolute atomic E-state index is 0.0726. The summed E-state index contributed by atoms with van der Waals surface area (Å²) in [5.41, 5.74) is 10.3. The van der Waals surface area contributed by atoms with Crippen LogP contribution in [0, 0.1) is 19.8 Å². The molecule has 1 aromatic carbocycles. The Labute approximate surface area is 151 Å². The van der Waals surface area contributed by atoms with E-state index in [4.69, 9.17) is 5.73 Å². The molecular weight excluding hydrogens is 310 g/mol. The molecule has 0 saturated carbocycles. The minimum atomic E-state index is 0.0726. The van der Waals surface area contributed by atoms with Crippen LogP contribution in [0.2, 0.25) is 0 Å². The number of hydrogen-bond donors (Lipinski definition) is 1. The highest BCUT2D eigenvalue weighted by atomic mass is 16.2. The zero-order valence-electron chi connectivity index (χ0n) is 16.1. The Hall–Kier alpha value is -2.07. The van der Waals surface area contributed by atoms with Crippen molar-refractivity contribution in [1.29, 1.82) is 0 Å². The van der Waals surface area contributed by atoms with Gasteiger partial charge in [-0.1, -0.05) is 44.2 Å². The van der Waals surface area contributed by atoms with Gasteiger partial charge in [0.1, 0.15) is 0 Å². The van der Waals surface area contributed by atoms with Gasteiger partial charge in [0.05, 0.1) is 5.56 Å². The van der Waals surface area contributed by atoms with Crippen molar-refractivity contribution in [2.45, 2.75) is 46.7 Å². The minimum Gasteiger partial charge on any atom is -0.344 e. The number of aryl methyl sites for hydroxylation is 1. The highest BCUT2D eigenvalue weighted by Gasteiger charge is 2.20. The Kier molecular flexibility index (Phi) is 6.43. The first-order chi connectivity index (χ1) is 11.8. The molecule has 0 radical (unpaired) electrons. The number of carbonyl (C=O) groups excluding carboxylic acids is 1. The monoisotopic (exact) mass is 341 g/mol. The quantitative estimate of drug-likeness (QED) is 0.836. The average Bonchev–Trinajstić information content (AvgIpc) is 2.87. The molecule has 0 aliphatic rings. The zero-order chi connectivity index (χ0) is 18.6. The molecule has 1 aromatic heterocycles. The van der Waals surface area contributed by atoms with Crippen molar-refractivity contribution >= 4 is 5.91 Å². The van der Waals surface area contributed by atoms with Crippen molar-refractivity contribution in [3.8, 4) is 0 Å². The molecule has 0 fully saturated rings. The fourth-order valence-corrected chi connectivity index (χ4v) is 3.01. The van der Waals surface area contributed by atoms with E-state index in [0.29, 0.717) is 12.5 Å². The van der Waals surface area contributed by atoms with Gasteiger partial charge in [0, 0.05) is 37.6 Å². The van der Waals surface area contributed by atoms with Crippen molar-refractivity contribution in [1.82, 2.24) is 9.47 Å². The molecule has 1 heterocycles. The van der Waals surface area contributed by atoms with Gasteiger partial charge < -0.3 is 15.2 Å². The van der Waals surface area contributed by atoms with Crippen LogP contribution < -0.4 is 5.73 Å². The molecule has 1 atom stereocenters. The Morgan fingerprint density at radius 1 is 1.20 bits per heavy atom. The number of nitrogens with zero attached hydrogens (tertiary/aromatic N) is 2. The van der Waals surface area contributed by atoms with E-state index in [1.54, 1.807) is 4.90 Å². The summed E-state index contributed by atoms with van der Waals surface area (Å²) in [4.78, 5) is 14.6. The molecule has 0 saturated heterocycles. The molecule has 4 nitrogen and oxygen atoms in total. The number of benzene rings is 1. The molecule has 2 aromatic rings. The largest absolute Gasteiger partial charge is 0.344 e. The smallest absolute Gasteiger partial charge is 0.255 e. The van der Waals surface area contributed by atoms with Crippen LogP contribution in [0.4, 0.5) is 0 Å². The number of nitrogens with two attached hydrogens (primary N) is 1. The van der Waals surface area contributed by atoms with Gasteiger partial charge in [0.2, 0.25) is 0 Å². The van der Waals surface area contributed by atoms with Gasteiger partial charge in [-0.2, -0.15) is 0 Å². The van der Waals surface area contributed by atoms with E-state index in [1.165, 1.54) is 5.56 Å². The first kappa shape index (κ1) is 19.3. The maximum Gasteiger partial charge on any atom is 0.255 e. The molecule has 0 spiro atoms. The molecular formula is C21H31N3O. The van der Waals surface area contributed by atoms with Gasteiger partial charge in [-0.25, -0.2) is 0 Å². The van der Waals surface area contributed by atoms with Crippen LogP contribution in [-0.4, -0.2) is 35.0 Å². The second-order valence-corrected chi connectivity index (χ2v) is 7.28. The Bertz CT molecular complexity index is 703. The maximum atomic E-state index is 12.8. The molecule has 0 bridgehead atoms. The second-order valence-electron chi connectivity index (χ2n) is 7.28. The van der Waals surface area contributed by atoms with E-state index >= 15 is 0 Å². The fraction of sp³-hybridized carbons (Fsp3) is 0.476. The van der Waals surface area contributed by atoms with Crippen molar-refractivity contribution in [3.63, 3.8) is 0 Å². The van der Waals surface area contributed by atoms with Crippen molar-refractivity contribution in [2.75, 3.05) is 13.6 Å². The Balaban J connectivity index is 2.11. The van der Waals surface area contributed by atoms with Crippen LogP contribution in [0.15, 0.2) is 36.4 Å². The van der Waals surface area contributed by atoms with E-state index < -0.39 is 0 Å². The molecule has 1 amide bonds. The molecule has 25 heavy (non-hydrogen) atoms. The molecule has 1 unspecified atom stereocenters. The third-order valence-electron chi connectivity index (χ3n) is 4.99. The van der Waals surface area contributed by atoms with E-state index in [2.05, 4.69) is 37.5 Å². The molecule has 136 valence electrons. The summed E-state index contributed by atoms with van der Waals surface area (Å²) in [5, 5.41) is 0. The lowest BCUT2D eigenvalue weighted by Gasteiger charge is -2.21. The first-order valence-corrected chi connectivity index (χ1v) is 9.03. The van der Waals surface area contributed by atoms with Crippen LogP contribution >= 0.6 is 0 Å². The zero-order valence-corrected chi connectivity index (χ0v) is 16.1. The molecule has 0 aliphatic carbocycles. The Morgan fingerprint density at radius 2 is 1.84 bits per heavy atom. The highest BCUT2D eigenvalue weighted by molar-refractivity contribution is 5.95. The lowest BCUT2D eigenvalue weighted by atomic mass is 10.0. The van der Waals surface area contributed by atoms with Crippen molar-refractivity contribution in [2.24, 2.45) is 11.7 Å². The summed E-state index contributed by atoms with van der Waals surface area (Å²) in [6, 6.07) is 12.5. The fourth-order valence-electron chi connectivity index (χ4n) is 3.01. The molecule has 2 rings (SSSR count). The summed E-state index contributed by atoms with van der Waals surface area (Å²) in [5.74, 6) is 0.503. The van der Waals surface area contributed by atoms with E-state index in [1.807, 2.05) is 38.2 Å². The second kappa shape index (κ2) is 8.34. The number of aromatic nitrogens is 1. The lowest BCUT2D eigenvalue weighted by Crippen LogP contribution is -2.34. The topological polar surface area (TPSA) is 51.3 Å². The summed E-state index contributed by atoms with van der Waals surface area (Å²) < 4.78 is 2.20. The number of carbonyl (C=O) groups is 1. The van der Waals surface area contributed by atoms with Gasteiger partial charge >= 0.3 is 0 Å². The van der Waals surface area contributed by atoms with Crippen LogP contribution in [0.25, 0.3) is 0 Å². The van der Waals surface area contributed by atoms with Crippen LogP contribution in [0.5, 0.6) is 0 Å². The maximum absolute atomic E-state index is 12.8.